The highest BCUT2D eigenvalue weighted by atomic mass is 16.3. The summed E-state index contributed by atoms with van der Waals surface area (Å²) in [6.07, 6.45) is 14.0. The molecule has 2 saturated carbocycles. The maximum atomic E-state index is 10.8. The van der Waals surface area contributed by atoms with Crippen LogP contribution in [-0.2, 0) is 0 Å². The summed E-state index contributed by atoms with van der Waals surface area (Å²) in [4.78, 5) is 0. The molecule has 0 heterocycles. The average molecular weight is 286 g/mol. The van der Waals surface area contributed by atoms with Gasteiger partial charge in [-0.05, 0) is 61.3 Å². The first-order chi connectivity index (χ1) is 9.94. The Labute approximate surface area is 127 Å². The predicted molar refractivity (Wildman–Crippen MR) is 83.7 cm³/mol. The average Bonchev–Trinajstić information content (AvgIpc) is 2.70. The van der Waals surface area contributed by atoms with Gasteiger partial charge < -0.3 is 10.2 Å². The molecule has 2 heteroatoms. The summed E-state index contributed by atoms with van der Waals surface area (Å²) >= 11 is 0. The first kappa shape index (κ1) is 13.6. The van der Waals surface area contributed by atoms with E-state index < -0.39 is 5.60 Å². The number of hydrogen-bond acceptors (Lipinski definition) is 2. The summed E-state index contributed by atoms with van der Waals surface area (Å²) in [6, 6.07) is 0. The van der Waals surface area contributed by atoms with Gasteiger partial charge in [-0.25, -0.2) is 0 Å². The van der Waals surface area contributed by atoms with Crippen molar-refractivity contribution in [2.45, 2.75) is 51.6 Å². The van der Waals surface area contributed by atoms with Crippen LogP contribution in [0.1, 0.15) is 46.0 Å². The second kappa shape index (κ2) is 4.25. The van der Waals surface area contributed by atoms with E-state index in [4.69, 9.17) is 0 Å². The van der Waals surface area contributed by atoms with Crippen LogP contribution in [-0.4, -0.2) is 15.8 Å². The quantitative estimate of drug-likeness (QED) is 0.657. The Kier molecular flexibility index (Phi) is 2.76. The van der Waals surface area contributed by atoms with Gasteiger partial charge in [0.2, 0.25) is 0 Å². The van der Waals surface area contributed by atoms with E-state index in [1.54, 1.807) is 0 Å². The van der Waals surface area contributed by atoms with Gasteiger partial charge in [0.05, 0.1) is 11.4 Å². The van der Waals surface area contributed by atoms with Gasteiger partial charge in [-0.2, -0.15) is 0 Å². The van der Waals surface area contributed by atoms with Crippen LogP contribution >= 0.6 is 0 Å². The molecule has 114 valence electrons. The zero-order chi connectivity index (χ0) is 14.8. The smallest absolute Gasteiger partial charge is 0.0998 e. The third-order valence-electron chi connectivity index (χ3n) is 7.25. The summed E-state index contributed by atoms with van der Waals surface area (Å²) in [5.41, 5.74) is 0.684. The molecule has 6 atom stereocenters. The van der Waals surface area contributed by atoms with Crippen molar-refractivity contribution in [1.29, 1.82) is 0 Å². The van der Waals surface area contributed by atoms with Crippen molar-refractivity contribution in [1.82, 2.24) is 0 Å². The predicted octanol–water partition coefficient (Wildman–Crippen LogP) is 4.14. The Hall–Kier alpha value is -1.02. The molecule has 4 aliphatic carbocycles. The fraction of sp³-hybridized carbons (Fsp3) is 0.684. The lowest BCUT2D eigenvalue weighted by Crippen LogP contribution is -2.50. The molecule has 0 unspecified atom stereocenters. The van der Waals surface area contributed by atoms with E-state index >= 15 is 0 Å². The third kappa shape index (κ3) is 1.69. The molecule has 0 aromatic rings. The van der Waals surface area contributed by atoms with E-state index in [1.165, 1.54) is 0 Å². The number of fused-ring (bicyclic) bond motifs is 5. The normalized spacial score (nSPS) is 51.6. The molecule has 4 aliphatic rings. The van der Waals surface area contributed by atoms with Crippen LogP contribution < -0.4 is 0 Å². The topological polar surface area (TPSA) is 40.5 Å². The number of allylic oxidation sites excluding steroid dienone is 5. The first-order valence-electron chi connectivity index (χ1n) is 8.43. The van der Waals surface area contributed by atoms with Gasteiger partial charge in [0.15, 0.2) is 0 Å². The molecule has 0 aromatic carbocycles. The maximum Gasteiger partial charge on any atom is 0.0998 e. The molecule has 0 aromatic heterocycles. The molecule has 0 aliphatic heterocycles. The van der Waals surface area contributed by atoms with Crippen molar-refractivity contribution >= 4 is 0 Å². The van der Waals surface area contributed by atoms with E-state index in [0.717, 1.165) is 31.3 Å². The van der Waals surface area contributed by atoms with Crippen LogP contribution in [0, 0.1) is 29.1 Å². The maximum absolute atomic E-state index is 10.8. The lowest BCUT2D eigenvalue weighted by atomic mass is 9.53. The molecule has 2 nitrogen and oxygen atoms in total. The molecule has 0 amide bonds. The number of rotatable bonds is 0. The Morgan fingerprint density at radius 3 is 2.76 bits per heavy atom. The van der Waals surface area contributed by atoms with Crippen molar-refractivity contribution in [2.75, 3.05) is 0 Å². The first-order valence-corrected chi connectivity index (χ1v) is 8.43. The minimum Gasteiger partial charge on any atom is -0.512 e. The van der Waals surface area contributed by atoms with Crippen molar-refractivity contribution in [3.05, 3.63) is 35.6 Å². The molecule has 21 heavy (non-hydrogen) atoms. The number of aliphatic hydroxyl groups excluding tert-OH is 1. The van der Waals surface area contributed by atoms with Gasteiger partial charge in [0.25, 0.3) is 0 Å². The largest absolute Gasteiger partial charge is 0.512 e. The summed E-state index contributed by atoms with van der Waals surface area (Å²) in [7, 11) is 0. The van der Waals surface area contributed by atoms with Gasteiger partial charge in [-0.1, -0.05) is 31.2 Å². The highest BCUT2D eigenvalue weighted by molar-refractivity contribution is 5.38. The summed E-state index contributed by atoms with van der Waals surface area (Å²) in [5.74, 6) is 2.70. The van der Waals surface area contributed by atoms with Gasteiger partial charge in [0.1, 0.15) is 0 Å². The van der Waals surface area contributed by atoms with Gasteiger partial charge in [-0.15, -0.1) is 0 Å². The van der Waals surface area contributed by atoms with Gasteiger partial charge in [0, 0.05) is 12.3 Å². The van der Waals surface area contributed by atoms with E-state index in [-0.39, 0.29) is 5.41 Å². The van der Waals surface area contributed by atoms with E-state index in [0.29, 0.717) is 35.9 Å². The van der Waals surface area contributed by atoms with Crippen molar-refractivity contribution in [3.8, 4) is 0 Å². The third-order valence-corrected chi connectivity index (χ3v) is 7.25. The highest BCUT2D eigenvalue weighted by Crippen LogP contribution is 2.63. The molecular formula is C19H26O2. The van der Waals surface area contributed by atoms with Crippen LogP contribution in [0.2, 0.25) is 0 Å². The summed E-state index contributed by atoms with van der Waals surface area (Å²) < 4.78 is 0. The molecule has 2 fully saturated rings. The lowest BCUT2D eigenvalue weighted by molar-refractivity contribution is -0.0923. The Morgan fingerprint density at radius 1 is 1.14 bits per heavy atom. The van der Waals surface area contributed by atoms with Crippen molar-refractivity contribution < 1.29 is 10.2 Å². The molecule has 4 rings (SSSR count). The Morgan fingerprint density at radius 2 is 1.95 bits per heavy atom. The Bertz CT molecular complexity index is 554. The Balaban J connectivity index is 1.73. The SMILES string of the molecule is C[C@]1(O)CC[C@H]2[C@@H]3C=CC4=C(O)CC=C[C@@H]4[C@H]3CC[C@@]21C. The van der Waals surface area contributed by atoms with Crippen molar-refractivity contribution in [3.63, 3.8) is 0 Å². The minimum atomic E-state index is -0.517. The van der Waals surface area contributed by atoms with Gasteiger partial charge in [-0.3, -0.25) is 0 Å². The van der Waals surface area contributed by atoms with Crippen LogP contribution in [0.5, 0.6) is 0 Å². The second-order valence-corrected chi connectivity index (χ2v) is 8.04. The van der Waals surface area contributed by atoms with Crippen LogP contribution in [0.15, 0.2) is 35.6 Å². The second-order valence-electron chi connectivity index (χ2n) is 8.04. The van der Waals surface area contributed by atoms with E-state index in [2.05, 4.69) is 31.2 Å². The molecular weight excluding hydrogens is 260 g/mol. The minimum absolute atomic E-state index is 0.0557. The van der Waals surface area contributed by atoms with Gasteiger partial charge >= 0.3 is 0 Å². The fourth-order valence-corrected chi connectivity index (χ4v) is 5.70. The molecule has 0 bridgehead atoms. The monoisotopic (exact) mass is 286 g/mol. The molecule has 0 radical (unpaired) electrons. The number of aliphatic hydroxyl groups is 2. The van der Waals surface area contributed by atoms with Crippen LogP contribution in [0.4, 0.5) is 0 Å². The summed E-state index contributed by atoms with van der Waals surface area (Å²) in [5, 5.41) is 21.0. The van der Waals surface area contributed by atoms with Crippen LogP contribution in [0.3, 0.4) is 0 Å². The zero-order valence-electron chi connectivity index (χ0n) is 13.0. The standard InChI is InChI=1S/C19H26O2/c1-18-10-8-13-12-4-3-5-17(20)15(12)7-6-14(13)16(18)9-11-19(18,2)21/h3-4,6-7,12-14,16,20-21H,5,8-11H2,1-2H3/t12-,13-,14-,16+,18+,19+/m1/s1. The number of hydrogen-bond donors (Lipinski definition) is 2. The van der Waals surface area contributed by atoms with E-state index in [9.17, 15) is 10.2 Å². The molecule has 0 saturated heterocycles. The molecule has 2 N–H and O–H groups in total. The zero-order valence-corrected chi connectivity index (χ0v) is 13.0. The lowest BCUT2D eigenvalue weighted by Gasteiger charge is -2.53. The fourth-order valence-electron chi connectivity index (χ4n) is 5.70. The molecule has 0 spiro atoms. The van der Waals surface area contributed by atoms with Crippen molar-refractivity contribution in [2.24, 2.45) is 29.1 Å². The summed E-state index contributed by atoms with van der Waals surface area (Å²) in [6.45, 7) is 4.34. The highest BCUT2D eigenvalue weighted by Gasteiger charge is 2.59. The van der Waals surface area contributed by atoms with Crippen LogP contribution in [0.25, 0.3) is 0 Å². The van der Waals surface area contributed by atoms with E-state index in [1.807, 2.05) is 6.92 Å².